The van der Waals surface area contributed by atoms with Crippen LogP contribution in [-0.4, -0.2) is 29.6 Å². The Labute approximate surface area is 136 Å². The molecule has 0 amide bonds. The summed E-state index contributed by atoms with van der Waals surface area (Å²) in [6.45, 7) is 2.81. The van der Waals surface area contributed by atoms with E-state index >= 15 is 0 Å². The van der Waals surface area contributed by atoms with Gasteiger partial charge in [-0.05, 0) is 38.0 Å². The molecule has 118 valence electrons. The normalized spacial score (nSPS) is 12.7. The van der Waals surface area contributed by atoms with Gasteiger partial charge in [-0.15, -0.1) is 0 Å². The first kappa shape index (κ1) is 15.5. The van der Waals surface area contributed by atoms with Crippen LogP contribution in [0, 0.1) is 0 Å². The van der Waals surface area contributed by atoms with E-state index < -0.39 is 0 Å². The standard InChI is InChI=1S/C20H22N2O/c1-15(21(2)3)13-22-14-19(16-9-5-4-6-10-16)17-11-7-8-12-18(17)20(22)23/h4-12,14-15H,13H2,1-3H3. The van der Waals surface area contributed by atoms with E-state index in [2.05, 4.69) is 24.0 Å². The first-order valence-electron chi connectivity index (χ1n) is 7.92. The molecule has 3 aromatic rings. The van der Waals surface area contributed by atoms with Crippen molar-refractivity contribution in [3.63, 3.8) is 0 Å². The summed E-state index contributed by atoms with van der Waals surface area (Å²) in [6.07, 6.45) is 2.00. The number of likely N-dealkylation sites (N-methyl/N-ethyl adjacent to an activating group) is 1. The topological polar surface area (TPSA) is 25.2 Å². The molecule has 0 aliphatic rings. The van der Waals surface area contributed by atoms with Crippen molar-refractivity contribution in [2.45, 2.75) is 19.5 Å². The Hall–Kier alpha value is -2.39. The minimum absolute atomic E-state index is 0.0778. The molecule has 0 saturated heterocycles. The molecule has 3 heteroatoms. The zero-order chi connectivity index (χ0) is 16.4. The largest absolute Gasteiger partial charge is 0.313 e. The maximum atomic E-state index is 12.8. The van der Waals surface area contributed by atoms with Gasteiger partial charge in [0.05, 0.1) is 0 Å². The smallest absolute Gasteiger partial charge is 0.258 e. The molecule has 0 fully saturated rings. The summed E-state index contributed by atoms with van der Waals surface area (Å²) in [5, 5.41) is 1.79. The highest BCUT2D eigenvalue weighted by Crippen LogP contribution is 2.26. The Morgan fingerprint density at radius 1 is 0.957 bits per heavy atom. The molecular weight excluding hydrogens is 284 g/mol. The molecule has 0 radical (unpaired) electrons. The monoisotopic (exact) mass is 306 g/mol. The van der Waals surface area contributed by atoms with Crippen LogP contribution in [0.25, 0.3) is 21.9 Å². The quantitative estimate of drug-likeness (QED) is 0.735. The summed E-state index contributed by atoms with van der Waals surface area (Å²) in [5.41, 5.74) is 2.32. The number of benzene rings is 2. The zero-order valence-corrected chi connectivity index (χ0v) is 13.9. The van der Waals surface area contributed by atoms with Crippen molar-refractivity contribution in [1.82, 2.24) is 9.47 Å². The number of pyridine rings is 1. The van der Waals surface area contributed by atoms with Crippen molar-refractivity contribution in [2.24, 2.45) is 0 Å². The van der Waals surface area contributed by atoms with Crippen molar-refractivity contribution in [1.29, 1.82) is 0 Å². The van der Waals surface area contributed by atoms with E-state index in [-0.39, 0.29) is 11.6 Å². The summed E-state index contributed by atoms with van der Waals surface area (Å²) in [7, 11) is 4.07. The molecule has 1 aromatic heterocycles. The van der Waals surface area contributed by atoms with E-state index in [1.165, 1.54) is 0 Å². The van der Waals surface area contributed by atoms with Crippen LogP contribution in [0.4, 0.5) is 0 Å². The van der Waals surface area contributed by atoms with Crippen molar-refractivity contribution in [3.8, 4) is 11.1 Å². The number of rotatable bonds is 4. The van der Waals surface area contributed by atoms with Crippen LogP contribution in [0.5, 0.6) is 0 Å². The van der Waals surface area contributed by atoms with E-state index in [4.69, 9.17) is 0 Å². The van der Waals surface area contributed by atoms with Gasteiger partial charge in [-0.2, -0.15) is 0 Å². The molecule has 2 aromatic carbocycles. The van der Waals surface area contributed by atoms with Gasteiger partial charge in [0, 0.05) is 29.7 Å². The maximum Gasteiger partial charge on any atom is 0.258 e. The maximum absolute atomic E-state index is 12.8. The lowest BCUT2D eigenvalue weighted by Gasteiger charge is -2.21. The van der Waals surface area contributed by atoms with E-state index in [0.29, 0.717) is 6.54 Å². The molecule has 0 aliphatic carbocycles. The lowest BCUT2D eigenvalue weighted by atomic mass is 10.0. The number of hydrogen-bond acceptors (Lipinski definition) is 2. The van der Waals surface area contributed by atoms with Crippen LogP contribution in [0.1, 0.15) is 6.92 Å². The second-order valence-electron chi connectivity index (χ2n) is 6.22. The Balaban J connectivity index is 2.23. The fraction of sp³-hybridized carbons (Fsp3) is 0.250. The average molecular weight is 306 g/mol. The van der Waals surface area contributed by atoms with Gasteiger partial charge >= 0.3 is 0 Å². The molecule has 0 saturated carbocycles. The third kappa shape index (κ3) is 3.06. The molecule has 0 N–H and O–H groups in total. The van der Waals surface area contributed by atoms with Crippen molar-refractivity contribution in [2.75, 3.05) is 14.1 Å². The predicted octanol–water partition coefficient (Wildman–Crippen LogP) is 3.62. The number of hydrogen-bond donors (Lipinski definition) is 0. The molecule has 0 bridgehead atoms. The average Bonchev–Trinajstić information content (AvgIpc) is 2.58. The van der Waals surface area contributed by atoms with E-state index in [0.717, 1.165) is 21.9 Å². The Morgan fingerprint density at radius 3 is 2.22 bits per heavy atom. The van der Waals surface area contributed by atoms with Crippen LogP contribution in [0.15, 0.2) is 65.6 Å². The molecule has 3 rings (SSSR count). The lowest BCUT2D eigenvalue weighted by Crippen LogP contribution is -2.33. The Morgan fingerprint density at radius 2 is 1.57 bits per heavy atom. The Bertz CT molecular complexity index is 866. The minimum atomic E-state index is 0.0778. The highest BCUT2D eigenvalue weighted by molar-refractivity contribution is 5.95. The van der Waals surface area contributed by atoms with Crippen LogP contribution in [0.2, 0.25) is 0 Å². The highest BCUT2D eigenvalue weighted by Gasteiger charge is 2.12. The second kappa shape index (κ2) is 6.39. The van der Waals surface area contributed by atoms with E-state index in [9.17, 15) is 4.79 Å². The van der Waals surface area contributed by atoms with Crippen LogP contribution < -0.4 is 5.56 Å². The third-order valence-corrected chi connectivity index (χ3v) is 4.42. The van der Waals surface area contributed by atoms with Crippen LogP contribution >= 0.6 is 0 Å². The first-order chi connectivity index (χ1) is 11.1. The lowest BCUT2D eigenvalue weighted by molar-refractivity contribution is 0.282. The van der Waals surface area contributed by atoms with Gasteiger partial charge in [-0.3, -0.25) is 4.79 Å². The molecule has 1 atom stereocenters. The number of fused-ring (bicyclic) bond motifs is 1. The summed E-state index contributed by atoms with van der Waals surface area (Å²) in [6, 6.07) is 18.4. The SMILES string of the molecule is CC(Cn1cc(-c2ccccc2)c2ccccc2c1=O)N(C)C. The molecule has 0 aliphatic heterocycles. The van der Waals surface area contributed by atoms with Gasteiger partial charge in [0.1, 0.15) is 0 Å². The third-order valence-electron chi connectivity index (χ3n) is 4.42. The van der Waals surface area contributed by atoms with Crippen molar-refractivity contribution < 1.29 is 0 Å². The molecular formula is C20H22N2O. The molecule has 1 heterocycles. The van der Waals surface area contributed by atoms with Crippen molar-refractivity contribution >= 4 is 10.8 Å². The van der Waals surface area contributed by atoms with Crippen LogP contribution in [0.3, 0.4) is 0 Å². The van der Waals surface area contributed by atoms with Gasteiger partial charge in [0.25, 0.3) is 5.56 Å². The van der Waals surface area contributed by atoms with Gasteiger partial charge < -0.3 is 9.47 Å². The summed E-state index contributed by atoms with van der Waals surface area (Å²) in [4.78, 5) is 14.9. The molecule has 0 spiro atoms. The summed E-state index contributed by atoms with van der Waals surface area (Å²) in [5.74, 6) is 0. The number of nitrogens with zero attached hydrogens (tertiary/aromatic N) is 2. The Kier molecular flexibility index (Phi) is 4.30. The van der Waals surface area contributed by atoms with Crippen molar-refractivity contribution in [3.05, 3.63) is 71.1 Å². The minimum Gasteiger partial charge on any atom is -0.313 e. The molecule has 1 unspecified atom stereocenters. The van der Waals surface area contributed by atoms with E-state index in [1.807, 2.05) is 67.3 Å². The van der Waals surface area contributed by atoms with Gasteiger partial charge in [0.15, 0.2) is 0 Å². The highest BCUT2D eigenvalue weighted by atomic mass is 16.1. The molecule has 23 heavy (non-hydrogen) atoms. The fourth-order valence-corrected chi connectivity index (χ4v) is 2.77. The second-order valence-corrected chi connectivity index (χ2v) is 6.22. The fourth-order valence-electron chi connectivity index (χ4n) is 2.77. The van der Waals surface area contributed by atoms with E-state index in [1.54, 1.807) is 0 Å². The summed E-state index contributed by atoms with van der Waals surface area (Å²) < 4.78 is 1.84. The van der Waals surface area contributed by atoms with Gasteiger partial charge in [-0.1, -0.05) is 48.5 Å². The number of aromatic nitrogens is 1. The van der Waals surface area contributed by atoms with Gasteiger partial charge in [-0.25, -0.2) is 0 Å². The van der Waals surface area contributed by atoms with Crippen LogP contribution in [-0.2, 0) is 6.54 Å². The first-order valence-corrected chi connectivity index (χ1v) is 7.92. The van der Waals surface area contributed by atoms with Gasteiger partial charge in [0.2, 0.25) is 0 Å². The molecule has 3 nitrogen and oxygen atoms in total. The summed E-state index contributed by atoms with van der Waals surface area (Å²) >= 11 is 0. The zero-order valence-electron chi connectivity index (χ0n) is 13.9. The predicted molar refractivity (Wildman–Crippen MR) is 96.8 cm³/mol.